The lowest BCUT2D eigenvalue weighted by molar-refractivity contribution is -0.0141. The Bertz CT molecular complexity index is 1800. The van der Waals surface area contributed by atoms with Crippen LogP contribution in [-0.2, 0) is 27.4 Å². The number of ether oxygens (including phenoxy) is 5. The van der Waals surface area contributed by atoms with Crippen LogP contribution in [0, 0.1) is 11.8 Å². The van der Waals surface area contributed by atoms with Gasteiger partial charge in [0, 0.05) is 25.0 Å². The summed E-state index contributed by atoms with van der Waals surface area (Å²) in [5.41, 5.74) is 4.43. The molecular weight excluding hydrogens is 705 g/mol. The zero-order valence-corrected chi connectivity index (χ0v) is 32.5. The van der Waals surface area contributed by atoms with Crippen molar-refractivity contribution in [2.75, 3.05) is 39.5 Å². The standard InChI is InChI=1S/C25H32N2O4.C20H24N2O2.CH4/c1-25(2,3)31-24(28)27-10-9-21(27)17-30-22-11-19(13-26-14-22)23-12-20(23)16-29-15-18-7-5-4-6-8-18;1-2-4-15(5-3-1)12-23-13-17-9-20(17)16-8-19(11-21-10-16)24-14-18-6-7-22-18;/h4-8,11,13-14,20-21,23H,9-10,12,15-17H2,1-3H3;1-5,8,10-11,17-18,20,22H,6-7,9,12-14H2;1H4/t20-,21+,23-;17-,18+,20-;/m11./s1. The minimum absolute atomic E-state index is 0. The maximum absolute atomic E-state index is 12.3. The number of pyridine rings is 2. The van der Waals surface area contributed by atoms with E-state index in [0.717, 1.165) is 50.7 Å². The lowest BCUT2D eigenvalue weighted by Crippen LogP contribution is -2.55. The highest BCUT2D eigenvalue weighted by Gasteiger charge is 2.40. The first kappa shape index (κ1) is 41.1. The Balaban J connectivity index is 0.000000192. The predicted molar refractivity (Wildman–Crippen MR) is 218 cm³/mol. The number of nitrogens with zero attached hydrogens (tertiary/aromatic N) is 3. The quantitative estimate of drug-likeness (QED) is 0.120. The molecule has 0 bridgehead atoms. The second-order valence-corrected chi connectivity index (χ2v) is 16.3. The van der Waals surface area contributed by atoms with Gasteiger partial charge in [-0.3, -0.25) is 9.97 Å². The Labute approximate surface area is 333 Å². The molecule has 1 N–H and O–H groups in total. The molecule has 300 valence electrons. The first-order valence-corrected chi connectivity index (χ1v) is 19.9. The number of nitrogens with one attached hydrogen (secondary N) is 1. The van der Waals surface area contributed by atoms with E-state index < -0.39 is 5.60 Å². The third-order valence-corrected chi connectivity index (χ3v) is 10.6. The molecule has 2 saturated heterocycles. The Morgan fingerprint density at radius 2 is 1.25 bits per heavy atom. The molecule has 4 aromatic rings. The largest absolute Gasteiger partial charge is 0.490 e. The van der Waals surface area contributed by atoms with Gasteiger partial charge in [-0.1, -0.05) is 68.1 Å². The molecule has 10 heteroatoms. The van der Waals surface area contributed by atoms with Crippen molar-refractivity contribution in [3.8, 4) is 11.5 Å². The molecule has 0 radical (unpaired) electrons. The molecule has 56 heavy (non-hydrogen) atoms. The van der Waals surface area contributed by atoms with Crippen molar-refractivity contribution in [2.45, 2.75) is 96.6 Å². The molecule has 4 fully saturated rings. The van der Waals surface area contributed by atoms with Crippen molar-refractivity contribution in [1.82, 2.24) is 20.2 Å². The van der Waals surface area contributed by atoms with Crippen molar-refractivity contribution >= 4 is 6.09 Å². The highest BCUT2D eigenvalue weighted by Crippen LogP contribution is 2.49. The van der Waals surface area contributed by atoms with Crippen LogP contribution < -0.4 is 14.8 Å². The van der Waals surface area contributed by atoms with Crippen LogP contribution in [0.1, 0.15) is 88.0 Å². The number of hydrogen-bond donors (Lipinski definition) is 1. The topological polar surface area (TPSA) is 104 Å². The van der Waals surface area contributed by atoms with Crippen LogP contribution in [0.2, 0.25) is 0 Å². The number of carbonyl (C=O) groups excluding carboxylic acids is 1. The molecule has 10 nitrogen and oxygen atoms in total. The highest BCUT2D eigenvalue weighted by molar-refractivity contribution is 5.69. The van der Waals surface area contributed by atoms with Gasteiger partial charge in [-0.2, -0.15) is 0 Å². The number of amides is 1. The van der Waals surface area contributed by atoms with Gasteiger partial charge in [0.2, 0.25) is 0 Å². The summed E-state index contributed by atoms with van der Waals surface area (Å²) in [7, 11) is 0. The molecule has 2 aliphatic heterocycles. The fourth-order valence-electron chi connectivity index (χ4n) is 6.97. The van der Waals surface area contributed by atoms with Crippen LogP contribution in [0.25, 0.3) is 0 Å². The van der Waals surface area contributed by atoms with Crippen LogP contribution in [-0.4, -0.2) is 78.2 Å². The molecule has 0 unspecified atom stereocenters. The van der Waals surface area contributed by atoms with Gasteiger partial charge in [-0.15, -0.1) is 0 Å². The van der Waals surface area contributed by atoms with Crippen LogP contribution in [0.5, 0.6) is 11.5 Å². The van der Waals surface area contributed by atoms with E-state index in [-0.39, 0.29) is 19.6 Å². The first-order valence-electron chi connectivity index (χ1n) is 19.9. The SMILES string of the molecule is C.CC(C)(C)OC(=O)N1CC[C@H]1COc1cncc([C@H]2C[C@@H]2COCc2ccccc2)c1.c1ccc(COC[C@H]2C[C@@H]2c2cncc(OC[C@@H]3CCN3)c2)cc1. The molecular formula is C46H60N4O6. The number of aromatic nitrogens is 2. The van der Waals surface area contributed by atoms with Crippen molar-refractivity contribution in [1.29, 1.82) is 0 Å². The number of likely N-dealkylation sites (tertiary alicyclic amines) is 1. The molecule has 2 saturated carbocycles. The van der Waals surface area contributed by atoms with E-state index in [1.165, 1.54) is 35.1 Å². The number of benzene rings is 2. The van der Waals surface area contributed by atoms with E-state index in [1.807, 2.05) is 63.6 Å². The third kappa shape index (κ3) is 12.2. The second kappa shape index (κ2) is 19.6. The van der Waals surface area contributed by atoms with Gasteiger partial charge >= 0.3 is 6.09 Å². The van der Waals surface area contributed by atoms with Gasteiger partial charge in [0.1, 0.15) is 30.3 Å². The van der Waals surface area contributed by atoms with Crippen molar-refractivity contribution in [2.24, 2.45) is 11.8 Å². The van der Waals surface area contributed by atoms with E-state index >= 15 is 0 Å². The third-order valence-electron chi connectivity index (χ3n) is 10.6. The predicted octanol–water partition coefficient (Wildman–Crippen LogP) is 8.57. The van der Waals surface area contributed by atoms with Gasteiger partial charge < -0.3 is 33.9 Å². The number of hydrogen-bond acceptors (Lipinski definition) is 9. The summed E-state index contributed by atoms with van der Waals surface area (Å²) < 4.78 is 29.0. The smallest absolute Gasteiger partial charge is 0.410 e. The van der Waals surface area contributed by atoms with Crippen LogP contribution in [0.3, 0.4) is 0 Å². The lowest BCUT2D eigenvalue weighted by Gasteiger charge is -2.40. The van der Waals surface area contributed by atoms with Crippen LogP contribution in [0.4, 0.5) is 4.79 Å². The summed E-state index contributed by atoms with van der Waals surface area (Å²) in [5.74, 6) is 3.84. The van der Waals surface area contributed by atoms with Gasteiger partial charge in [0.15, 0.2) is 0 Å². The molecule has 8 rings (SSSR count). The van der Waals surface area contributed by atoms with Crippen molar-refractivity contribution in [3.05, 3.63) is 120 Å². The fourth-order valence-corrected chi connectivity index (χ4v) is 6.97. The molecule has 2 aromatic carbocycles. The number of carbonyl (C=O) groups is 1. The average Bonchev–Trinajstić information content (AvgIpc) is 4.08. The van der Waals surface area contributed by atoms with E-state index in [2.05, 4.69) is 63.8 Å². The van der Waals surface area contributed by atoms with E-state index in [1.54, 1.807) is 11.1 Å². The minimum Gasteiger partial charge on any atom is -0.490 e. The lowest BCUT2D eigenvalue weighted by atomic mass is 10.1. The molecule has 4 heterocycles. The summed E-state index contributed by atoms with van der Waals surface area (Å²) in [6.45, 7) is 11.6. The van der Waals surface area contributed by atoms with Crippen LogP contribution in [0.15, 0.2) is 97.6 Å². The summed E-state index contributed by atoms with van der Waals surface area (Å²) >= 11 is 0. The van der Waals surface area contributed by atoms with Gasteiger partial charge in [-0.05, 0) is 111 Å². The normalized spacial score (nSPS) is 23.2. The zero-order valence-electron chi connectivity index (χ0n) is 32.5. The highest BCUT2D eigenvalue weighted by atomic mass is 16.6. The maximum Gasteiger partial charge on any atom is 0.410 e. The Morgan fingerprint density at radius 1 is 0.732 bits per heavy atom. The van der Waals surface area contributed by atoms with Crippen molar-refractivity contribution in [3.63, 3.8) is 0 Å². The summed E-state index contributed by atoms with van der Waals surface area (Å²) in [4.78, 5) is 22.7. The second-order valence-electron chi connectivity index (χ2n) is 16.3. The van der Waals surface area contributed by atoms with Crippen molar-refractivity contribution < 1.29 is 28.5 Å². The molecule has 2 aliphatic carbocycles. The van der Waals surface area contributed by atoms with E-state index in [9.17, 15) is 4.79 Å². The maximum atomic E-state index is 12.3. The summed E-state index contributed by atoms with van der Waals surface area (Å²) in [6.07, 6.45) is 11.6. The Kier molecular flexibility index (Phi) is 14.4. The Morgan fingerprint density at radius 3 is 1.70 bits per heavy atom. The molecule has 6 atom stereocenters. The minimum atomic E-state index is -0.484. The van der Waals surface area contributed by atoms with Gasteiger partial charge in [-0.25, -0.2) is 4.79 Å². The molecule has 1 amide bonds. The average molecular weight is 765 g/mol. The summed E-state index contributed by atoms with van der Waals surface area (Å²) in [5, 5.41) is 3.35. The fraction of sp³-hybridized carbons (Fsp3) is 0.500. The molecule has 2 aromatic heterocycles. The molecule has 4 aliphatic rings. The zero-order chi connectivity index (χ0) is 38.0. The van der Waals surface area contributed by atoms with E-state index in [4.69, 9.17) is 23.7 Å². The van der Waals surface area contributed by atoms with Gasteiger partial charge in [0.25, 0.3) is 0 Å². The summed E-state index contributed by atoms with van der Waals surface area (Å²) in [6, 6.07) is 25.4. The number of rotatable bonds is 16. The Hall–Kier alpha value is -4.51. The first-order chi connectivity index (χ1) is 26.8. The van der Waals surface area contributed by atoms with E-state index in [0.29, 0.717) is 56.1 Å². The van der Waals surface area contributed by atoms with Crippen LogP contribution >= 0.6 is 0 Å². The monoisotopic (exact) mass is 764 g/mol. The molecule has 0 spiro atoms. The van der Waals surface area contributed by atoms with Gasteiger partial charge in [0.05, 0.1) is 44.9 Å².